The van der Waals surface area contributed by atoms with Gasteiger partial charge in [0.2, 0.25) is 5.91 Å². The van der Waals surface area contributed by atoms with Crippen LogP contribution in [0.1, 0.15) is 64.4 Å². The monoisotopic (exact) mass is 484 g/mol. The lowest BCUT2D eigenvalue weighted by Crippen LogP contribution is -2.64. The normalized spacial score (nSPS) is 25.7. The quantitative estimate of drug-likeness (QED) is 0.616. The van der Waals surface area contributed by atoms with E-state index in [1.807, 2.05) is 30.3 Å². The molecule has 194 valence electrons. The van der Waals surface area contributed by atoms with E-state index in [4.69, 9.17) is 4.74 Å². The summed E-state index contributed by atoms with van der Waals surface area (Å²) in [6, 6.07) is 9.40. The van der Waals surface area contributed by atoms with Gasteiger partial charge < -0.3 is 20.3 Å². The first-order chi connectivity index (χ1) is 17.0. The van der Waals surface area contributed by atoms with Gasteiger partial charge >= 0.3 is 6.09 Å². The van der Waals surface area contributed by atoms with Crippen LogP contribution in [0.2, 0.25) is 0 Å². The zero-order chi connectivity index (χ0) is 24.6. The SMILES string of the molecule is C[C@H]1CN(CC2CCNCC2)C[C@H](C)N1C(=O)[C@H](NC(=O)OCc1ccccc1)C1CCCCC1. The maximum atomic E-state index is 14.0. The molecule has 0 radical (unpaired) electrons. The van der Waals surface area contributed by atoms with Gasteiger partial charge in [-0.1, -0.05) is 49.6 Å². The van der Waals surface area contributed by atoms with Crippen LogP contribution in [0.5, 0.6) is 0 Å². The third-order valence-corrected chi connectivity index (χ3v) is 8.10. The van der Waals surface area contributed by atoms with Crippen molar-refractivity contribution in [2.75, 3.05) is 32.7 Å². The zero-order valence-corrected chi connectivity index (χ0v) is 21.6. The molecule has 2 amide bonds. The number of benzene rings is 1. The van der Waals surface area contributed by atoms with Gasteiger partial charge in [0.05, 0.1) is 0 Å². The molecule has 3 fully saturated rings. The summed E-state index contributed by atoms with van der Waals surface area (Å²) in [6.45, 7) is 9.68. The second-order valence-corrected chi connectivity index (χ2v) is 10.9. The number of ether oxygens (including phenoxy) is 1. The van der Waals surface area contributed by atoms with Crippen LogP contribution in [0.25, 0.3) is 0 Å². The molecule has 2 N–H and O–H groups in total. The first-order valence-electron chi connectivity index (χ1n) is 13.7. The van der Waals surface area contributed by atoms with Crippen LogP contribution in [-0.2, 0) is 16.1 Å². The largest absolute Gasteiger partial charge is 0.445 e. The highest BCUT2D eigenvalue weighted by molar-refractivity contribution is 5.86. The number of hydrogen-bond donors (Lipinski definition) is 2. The van der Waals surface area contributed by atoms with Crippen LogP contribution in [0.4, 0.5) is 4.79 Å². The summed E-state index contributed by atoms with van der Waals surface area (Å²) in [5, 5.41) is 6.45. The second kappa shape index (κ2) is 12.7. The zero-order valence-electron chi connectivity index (χ0n) is 21.6. The number of piperazine rings is 1. The van der Waals surface area contributed by atoms with Crippen molar-refractivity contribution in [2.24, 2.45) is 11.8 Å². The van der Waals surface area contributed by atoms with Gasteiger partial charge in [0, 0.05) is 31.7 Å². The fourth-order valence-corrected chi connectivity index (χ4v) is 6.35. The fourth-order valence-electron chi connectivity index (χ4n) is 6.35. The van der Waals surface area contributed by atoms with Crippen LogP contribution in [0, 0.1) is 11.8 Å². The molecule has 7 heteroatoms. The summed E-state index contributed by atoms with van der Waals surface area (Å²) in [5.74, 6) is 0.983. The van der Waals surface area contributed by atoms with E-state index < -0.39 is 12.1 Å². The molecule has 0 bridgehead atoms. The molecule has 35 heavy (non-hydrogen) atoms. The average molecular weight is 485 g/mol. The minimum Gasteiger partial charge on any atom is -0.445 e. The van der Waals surface area contributed by atoms with E-state index in [1.165, 1.54) is 19.3 Å². The standard InChI is InChI=1S/C28H44N4O3/c1-21-17-31(19-23-13-15-29-16-14-23)18-22(2)32(21)27(33)26(25-11-7-4-8-12-25)30-28(34)35-20-24-9-5-3-6-10-24/h3,5-6,9-10,21-23,25-26,29H,4,7-8,11-20H2,1-2H3,(H,30,34)/t21-,22-,26+/m0/s1. The Kier molecular flexibility index (Phi) is 9.44. The van der Waals surface area contributed by atoms with E-state index in [0.717, 1.165) is 69.9 Å². The molecule has 0 aromatic heterocycles. The summed E-state index contributed by atoms with van der Waals surface area (Å²) < 4.78 is 5.51. The van der Waals surface area contributed by atoms with Gasteiger partial charge in [-0.25, -0.2) is 4.79 Å². The van der Waals surface area contributed by atoms with Gasteiger partial charge in [0.15, 0.2) is 0 Å². The lowest BCUT2D eigenvalue weighted by atomic mass is 9.83. The van der Waals surface area contributed by atoms with Crippen molar-refractivity contribution in [3.05, 3.63) is 35.9 Å². The Labute approximate surface area is 210 Å². The molecule has 7 nitrogen and oxygen atoms in total. The lowest BCUT2D eigenvalue weighted by molar-refractivity contribution is -0.143. The highest BCUT2D eigenvalue weighted by Crippen LogP contribution is 2.29. The van der Waals surface area contributed by atoms with Gasteiger partial charge in [0.1, 0.15) is 12.6 Å². The van der Waals surface area contributed by atoms with Crippen molar-refractivity contribution in [3.63, 3.8) is 0 Å². The van der Waals surface area contributed by atoms with Crippen LogP contribution in [-0.4, -0.2) is 72.6 Å². The second-order valence-electron chi connectivity index (χ2n) is 10.9. The summed E-state index contributed by atoms with van der Waals surface area (Å²) in [4.78, 5) is 31.3. The molecule has 2 aliphatic heterocycles. The van der Waals surface area contributed by atoms with Crippen molar-refractivity contribution >= 4 is 12.0 Å². The molecule has 3 aliphatic rings. The summed E-state index contributed by atoms with van der Waals surface area (Å²) in [7, 11) is 0. The highest BCUT2D eigenvalue weighted by Gasteiger charge is 2.40. The Morgan fingerprint density at radius 3 is 2.31 bits per heavy atom. The molecule has 4 rings (SSSR count). The predicted molar refractivity (Wildman–Crippen MR) is 138 cm³/mol. The van der Waals surface area contributed by atoms with Gasteiger partial charge in [-0.3, -0.25) is 9.69 Å². The third-order valence-electron chi connectivity index (χ3n) is 8.10. The lowest BCUT2D eigenvalue weighted by Gasteiger charge is -2.47. The van der Waals surface area contributed by atoms with E-state index >= 15 is 0 Å². The Hall–Kier alpha value is -2.12. The number of amides is 2. The van der Waals surface area contributed by atoms with Crippen molar-refractivity contribution in [1.29, 1.82) is 0 Å². The topological polar surface area (TPSA) is 73.9 Å². The molecule has 1 aromatic carbocycles. The molecule has 0 unspecified atom stereocenters. The van der Waals surface area contributed by atoms with Crippen LogP contribution in [0.3, 0.4) is 0 Å². The number of carbonyl (C=O) groups is 2. The number of alkyl carbamates (subject to hydrolysis) is 1. The number of nitrogens with one attached hydrogen (secondary N) is 2. The minimum atomic E-state index is -0.514. The van der Waals surface area contributed by atoms with Crippen LogP contribution in [0.15, 0.2) is 30.3 Å². The first-order valence-corrected chi connectivity index (χ1v) is 13.7. The van der Waals surface area contributed by atoms with Gasteiger partial charge in [0.25, 0.3) is 0 Å². The number of nitrogens with zero attached hydrogens (tertiary/aromatic N) is 2. The number of rotatable bonds is 7. The Balaban J connectivity index is 1.38. The van der Waals surface area contributed by atoms with E-state index in [9.17, 15) is 9.59 Å². The third kappa shape index (κ3) is 7.20. The number of piperidine rings is 1. The molecule has 2 heterocycles. The molecule has 1 aliphatic carbocycles. The molecular weight excluding hydrogens is 440 g/mol. The molecule has 0 spiro atoms. The summed E-state index contributed by atoms with van der Waals surface area (Å²) >= 11 is 0. The van der Waals surface area contributed by atoms with Crippen molar-refractivity contribution in [2.45, 2.75) is 83.5 Å². The Morgan fingerprint density at radius 2 is 1.66 bits per heavy atom. The van der Waals surface area contributed by atoms with Gasteiger partial charge in [-0.15, -0.1) is 0 Å². The summed E-state index contributed by atoms with van der Waals surface area (Å²) in [6.07, 6.45) is 7.37. The van der Waals surface area contributed by atoms with E-state index in [1.54, 1.807) is 0 Å². The first kappa shape index (κ1) is 26.0. The highest BCUT2D eigenvalue weighted by atomic mass is 16.5. The van der Waals surface area contributed by atoms with Gasteiger partial charge in [-0.2, -0.15) is 0 Å². The van der Waals surface area contributed by atoms with Crippen molar-refractivity contribution in [1.82, 2.24) is 20.4 Å². The van der Waals surface area contributed by atoms with Gasteiger partial charge in [-0.05, 0) is 70.0 Å². The molecular formula is C28H44N4O3. The minimum absolute atomic E-state index is 0.0649. The average Bonchev–Trinajstić information content (AvgIpc) is 2.87. The Morgan fingerprint density at radius 1 is 1.00 bits per heavy atom. The summed E-state index contributed by atoms with van der Waals surface area (Å²) in [5.41, 5.74) is 0.940. The Bertz CT molecular complexity index is 796. The molecule has 1 saturated carbocycles. The molecule has 3 atom stereocenters. The smallest absolute Gasteiger partial charge is 0.408 e. The van der Waals surface area contributed by atoms with E-state index in [2.05, 4.69) is 34.3 Å². The fraction of sp³-hybridized carbons (Fsp3) is 0.714. The predicted octanol–water partition coefficient (Wildman–Crippen LogP) is 3.78. The molecule has 1 aromatic rings. The van der Waals surface area contributed by atoms with Crippen LogP contribution >= 0.6 is 0 Å². The molecule has 2 saturated heterocycles. The number of hydrogen-bond acceptors (Lipinski definition) is 5. The van der Waals surface area contributed by atoms with E-state index in [0.29, 0.717) is 0 Å². The maximum Gasteiger partial charge on any atom is 0.408 e. The van der Waals surface area contributed by atoms with E-state index in [-0.39, 0.29) is 30.5 Å². The maximum absolute atomic E-state index is 14.0. The van der Waals surface area contributed by atoms with Crippen molar-refractivity contribution < 1.29 is 14.3 Å². The van der Waals surface area contributed by atoms with Crippen LogP contribution < -0.4 is 10.6 Å². The van der Waals surface area contributed by atoms with Crippen molar-refractivity contribution in [3.8, 4) is 0 Å². The number of carbonyl (C=O) groups excluding carboxylic acids is 2.